The van der Waals surface area contributed by atoms with Crippen molar-refractivity contribution >= 4 is 26.8 Å². The number of nitrogens with one attached hydrogen (secondary N) is 1. The fraction of sp³-hybridized carbons (Fsp3) is 0.438. The van der Waals surface area contributed by atoms with Crippen LogP contribution in [0.15, 0.2) is 29.1 Å². The average Bonchev–Trinajstić information content (AvgIpc) is 2.51. The van der Waals surface area contributed by atoms with Gasteiger partial charge in [0.15, 0.2) is 0 Å². The van der Waals surface area contributed by atoms with Crippen molar-refractivity contribution in [1.29, 1.82) is 0 Å². The molecule has 0 saturated carbocycles. The van der Waals surface area contributed by atoms with Gasteiger partial charge in [0.05, 0.1) is 30.2 Å². The predicted molar refractivity (Wildman–Crippen MR) is 95.5 cm³/mol. The van der Waals surface area contributed by atoms with Gasteiger partial charge in [-0.15, -0.1) is 0 Å². The first-order valence-electron chi connectivity index (χ1n) is 7.78. The molecule has 2 rings (SSSR count). The number of likely N-dealkylation sites (N-methyl/N-ethyl adjacent to an activating group) is 1. The van der Waals surface area contributed by atoms with Crippen LogP contribution in [0, 0.1) is 0 Å². The Morgan fingerprint density at radius 1 is 1.28 bits per heavy atom. The molecule has 9 heteroatoms. The summed E-state index contributed by atoms with van der Waals surface area (Å²) in [6.45, 7) is 3.46. The van der Waals surface area contributed by atoms with Crippen LogP contribution in [-0.4, -0.2) is 59.4 Å². The van der Waals surface area contributed by atoms with Crippen LogP contribution in [0.4, 0.5) is 0 Å². The summed E-state index contributed by atoms with van der Waals surface area (Å²) < 4.78 is 24.0. The third kappa shape index (κ3) is 4.64. The molecule has 1 aromatic heterocycles. The number of benzene rings is 1. The zero-order valence-electron chi connectivity index (χ0n) is 14.7. The van der Waals surface area contributed by atoms with E-state index >= 15 is 0 Å². The largest absolute Gasteiger partial charge is 0.332 e. The number of H-pyrrole nitrogens is 1. The van der Waals surface area contributed by atoms with Crippen molar-refractivity contribution in [2.75, 3.05) is 19.8 Å². The third-order valence-electron chi connectivity index (χ3n) is 3.85. The monoisotopic (exact) mass is 366 g/mol. The van der Waals surface area contributed by atoms with Gasteiger partial charge in [0, 0.05) is 13.1 Å². The summed E-state index contributed by atoms with van der Waals surface area (Å²) in [4.78, 5) is 33.2. The Balaban J connectivity index is 2.27. The zero-order valence-corrected chi connectivity index (χ0v) is 15.5. The lowest BCUT2D eigenvalue weighted by Gasteiger charge is -2.28. The maximum absolute atomic E-state index is 12.5. The predicted octanol–water partition coefficient (Wildman–Crippen LogP) is 0.551. The molecule has 1 aromatic carbocycles. The summed E-state index contributed by atoms with van der Waals surface area (Å²) in [5, 5.41) is 0.477. The first kappa shape index (κ1) is 19.1. The van der Waals surface area contributed by atoms with Gasteiger partial charge in [-0.1, -0.05) is 12.1 Å². The zero-order chi connectivity index (χ0) is 18.8. The Morgan fingerprint density at radius 2 is 1.92 bits per heavy atom. The van der Waals surface area contributed by atoms with Gasteiger partial charge in [0.2, 0.25) is 15.9 Å². The molecule has 0 saturated heterocycles. The summed E-state index contributed by atoms with van der Waals surface area (Å²) in [6, 6.07) is 6.76. The second-order valence-electron chi connectivity index (χ2n) is 6.16. The van der Waals surface area contributed by atoms with E-state index in [1.54, 1.807) is 24.3 Å². The van der Waals surface area contributed by atoms with E-state index in [-0.39, 0.29) is 30.6 Å². The number of carbonyl (C=O) groups is 1. The van der Waals surface area contributed by atoms with Crippen LogP contribution in [0.3, 0.4) is 0 Å². The standard InChI is InChI=1S/C16H22N4O4S/c1-11(2)20(15(21)10-19(3)25(4,23)24)9-14-17-13-8-6-5-7-12(13)16(22)18-14/h5-8,11H,9-10H2,1-4H3,(H,17,18,22). The van der Waals surface area contributed by atoms with Gasteiger partial charge in [0.1, 0.15) is 5.82 Å². The van der Waals surface area contributed by atoms with Gasteiger partial charge >= 0.3 is 0 Å². The van der Waals surface area contributed by atoms with Gasteiger partial charge in [-0.05, 0) is 26.0 Å². The average molecular weight is 366 g/mol. The van der Waals surface area contributed by atoms with E-state index in [4.69, 9.17) is 0 Å². The quantitative estimate of drug-likeness (QED) is 0.804. The van der Waals surface area contributed by atoms with E-state index in [0.717, 1.165) is 10.6 Å². The van der Waals surface area contributed by atoms with Crippen LogP contribution in [0.5, 0.6) is 0 Å². The molecule has 0 spiro atoms. The molecule has 0 fully saturated rings. The van der Waals surface area contributed by atoms with Crippen molar-refractivity contribution in [1.82, 2.24) is 19.2 Å². The number of hydrogen-bond donors (Lipinski definition) is 1. The summed E-state index contributed by atoms with van der Waals surface area (Å²) >= 11 is 0. The van der Waals surface area contributed by atoms with Crippen molar-refractivity contribution < 1.29 is 13.2 Å². The van der Waals surface area contributed by atoms with Crippen molar-refractivity contribution in [3.63, 3.8) is 0 Å². The second kappa shape index (κ2) is 7.32. The molecule has 0 radical (unpaired) electrons. The number of carbonyl (C=O) groups excluding carboxylic acids is 1. The minimum atomic E-state index is -3.45. The Morgan fingerprint density at radius 3 is 2.52 bits per heavy atom. The highest BCUT2D eigenvalue weighted by atomic mass is 32.2. The molecule has 136 valence electrons. The number of hydrogen-bond acceptors (Lipinski definition) is 5. The number of fused-ring (bicyclic) bond motifs is 1. The van der Waals surface area contributed by atoms with Crippen molar-refractivity contribution in [3.8, 4) is 0 Å². The smallest absolute Gasteiger partial charge is 0.258 e. The number of nitrogens with zero attached hydrogens (tertiary/aromatic N) is 3. The van der Waals surface area contributed by atoms with Crippen LogP contribution >= 0.6 is 0 Å². The lowest BCUT2D eigenvalue weighted by Crippen LogP contribution is -2.44. The van der Waals surface area contributed by atoms with E-state index in [0.29, 0.717) is 16.7 Å². The molecule has 0 aliphatic rings. The molecule has 0 unspecified atom stereocenters. The molecule has 0 aliphatic heterocycles. The molecule has 0 atom stereocenters. The molecular weight excluding hydrogens is 344 g/mol. The normalized spacial score (nSPS) is 12.1. The first-order chi connectivity index (χ1) is 11.6. The highest BCUT2D eigenvalue weighted by molar-refractivity contribution is 7.88. The number of aromatic nitrogens is 2. The van der Waals surface area contributed by atoms with Crippen LogP contribution < -0.4 is 5.56 Å². The summed E-state index contributed by atoms with van der Waals surface area (Å²) in [5.41, 5.74) is 0.274. The van der Waals surface area contributed by atoms with Crippen LogP contribution in [-0.2, 0) is 21.4 Å². The molecule has 0 bridgehead atoms. The van der Waals surface area contributed by atoms with Crippen molar-refractivity contribution in [3.05, 3.63) is 40.4 Å². The van der Waals surface area contributed by atoms with Crippen molar-refractivity contribution in [2.24, 2.45) is 0 Å². The molecule has 0 aliphatic carbocycles. The van der Waals surface area contributed by atoms with Crippen LogP contribution in [0.1, 0.15) is 19.7 Å². The summed E-state index contributed by atoms with van der Waals surface area (Å²) in [6.07, 6.45) is 1.04. The van der Waals surface area contributed by atoms with Gasteiger partial charge in [-0.25, -0.2) is 13.4 Å². The molecule has 8 nitrogen and oxygen atoms in total. The first-order valence-corrected chi connectivity index (χ1v) is 9.63. The third-order valence-corrected chi connectivity index (χ3v) is 5.11. The molecule has 1 N–H and O–H groups in total. The number of amides is 1. The lowest BCUT2D eigenvalue weighted by molar-refractivity contribution is -0.133. The molecule has 1 heterocycles. The van der Waals surface area contributed by atoms with E-state index in [1.165, 1.54) is 11.9 Å². The maximum atomic E-state index is 12.5. The van der Waals surface area contributed by atoms with Crippen LogP contribution in [0.25, 0.3) is 10.9 Å². The van der Waals surface area contributed by atoms with Gasteiger partial charge < -0.3 is 9.88 Å². The van der Waals surface area contributed by atoms with Crippen LogP contribution in [0.2, 0.25) is 0 Å². The fourth-order valence-corrected chi connectivity index (χ4v) is 2.67. The topological polar surface area (TPSA) is 103 Å². The fourth-order valence-electron chi connectivity index (χ4n) is 2.33. The van der Waals surface area contributed by atoms with Gasteiger partial charge in [0.25, 0.3) is 5.56 Å². The molecule has 25 heavy (non-hydrogen) atoms. The summed E-state index contributed by atoms with van der Waals surface area (Å²) in [7, 11) is -2.10. The van der Waals surface area contributed by atoms with E-state index in [9.17, 15) is 18.0 Å². The minimum Gasteiger partial charge on any atom is -0.332 e. The highest BCUT2D eigenvalue weighted by Crippen LogP contribution is 2.10. The van der Waals surface area contributed by atoms with E-state index in [1.807, 2.05) is 13.8 Å². The second-order valence-corrected chi connectivity index (χ2v) is 8.25. The van der Waals surface area contributed by atoms with Crippen molar-refractivity contribution in [2.45, 2.75) is 26.4 Å². The molecule has 2 aromatic rings. The van der Waals surface area contributed by atoms with Gasteiger partial charge in [-0.3, -0.25) is 9.59 Å². The van der Waals surface area contributed by atoms with E-state index < -0.39 is 10.0 Å². The number of rotatable bonds is 6. The van der Waals surface area contributed by atoms with E-state index in [2.05, 4.69) is 9.97 Å². The number of sulfonamides is 1. The SMILES string of the molecule is CC(C)N(Cc1nc2ccccc2c(=O)[nH]1)C(=O)CN(C)S(C)(=O)=O. The Bertz CT molecular complexity index is 937. The Labute approximate surface area is 146 Å². The maximum Gasteiger partial charge on any atom is 0.258 e. The number of aromatic amines is 1. The summed E-state index contributed by atoms with van der Waals surface area (Å²) in [5.74, 6) is -0.00788. The Kier molecular flexibility index (Phi) is 5.58. The number of para-hydroxylation sites is 1. The van der Waals surface area contributed by atoms with Gasteiger partial charge in [-0.2, -0.15) is 4.31 Å². The highest BCUT2D eigenvalue weighted by Gasteiger charge is 2.23. The lowest BCUT2D eigenvalue weighted by atomic mass is 10.2. The molecule has 1 amide bonds. The Hall–Kier alpha value is -2.26. The minimum absolute atomic E-state index is 0.0914. The molecular formula is C16H22N4O4S.